The van der Waals surface area contributed by atoms with E-state index in [2.05, 4.69) is 9.50 Å². The third-order valence-electron chi connectivity index (χ3n) is 4.93. The van der Waals surface area contributed by atoms with Crippen molar-refractivity contribution in [2.45, 2.75) is 36.8 Å². The molecule has 0 spiro atoms. The van der Waals surface area contributed by atoms with E-state index in [0.29, 0.717) is 11.1 Å². The van der Waals surface area contributed by atoms with Crippen molar-refractivity contribution >= 4 is 22.1 Å². The number of alkyl halides is 2. The average molecular weight is 467 g/mol. The SMILES string of the molecule is C[C@@H](O)[C@@H](C(=O)N1CC(N)=C(C=NS(=O)(=O)c2cnn(CC(F)F)c2)C1)c1ccccc1. The van der Waals surface area contributed by atoms with Gasteiger partial charge in [0.2, 0.25) is 5.91 Å². The Labute approximate surface area is 183 Å². The molecule has 3 N–H and O–H groups in total. The monoisotopic (exact) mass is 467 g/mol. The number of halogens is 2. The van der Waals surface area contributed by atoms with Gasteiger partial charge in [0, 0.05) is 30.2 Å². The highest BCUT2D eigenvalue weighted by molar-refractivity contribution is 7.90. The molecular formula is C20H23F2N5O4S. The molecule has 9 nitrogen and oxygen atoms in total. The number of aliphatic hydroxyl groups excluding tert-OH is 1. The first-order chi connectivity index (χ1) is 15.1. The Morgan fingerprint density at radius 2 is 2.00 bits per heavy atom. The number of rotatable bonds is 8. The molecular weight excluding hydrogens is 444 g/mol. The highest BCUT2D eigenvalue weighted by Gasteiger charge is 2.33. The molecule has 2 heterocycles. The van der Waals surface area contributed by atoms with Gasteiger partial charge < -0.3 is 15.7 Å². The van der Waals surface area contributed by atoms with E-state index in [1.54, 1.807) is 30.3 Å². The highest BCUT2D eigenvalue weighted by Crippen LogP contribution is 2.25. The molecule has 1 aromatic heterocycles. The fraction of sp³-hybridized carbons (Fsp3) is 0.350. The molecule has 3 rings (SSSR count). The molecule has 2 aromatic rings. The zero-order chi connectivity index (χ0) is 23.5. The van der Waals surface area contributed by atoms with E-state index >= 15 is 0 Å². The zero-order valence-electron chi connectivity index (χ0n) is 17.2. The Hall–Kier alpha value is -3.12. The van der Waals surface area contributed by atoms with Crippen LogP contribution in [-0.2, 0) is 21.4 Å². The normalized spacial score (nSPS) is 16.8. The molecule has 0 radical (unpaired) electrons. The van der Waals surface area contributed by atoms with Crippen LogP contribution in [-0.4, -0.2) is 65.9 Å². The molecule has 172 valence electrons. The Balaban J connectivity index is 1.72. The number of aliphatic hydroxyl groups is 1. The van der Waals surface area contributed by atoms with E-state index in [4.69, 9.17) is 5.73 Å². The van der Waals surface area contributed by atoms with Crippen LogP contribution in [0.3, 0.4) is 0 Å². The summed E-state index contributed by atoms with van der Waals surface area (Å²) in [6, 6.07) is 8.81. The number of hydrogen-bond acceptors (Lipinski definition) is 6. The largest absolute Gasteiger partial charge is 0.400 e. The van der Waals surface area contributed by atoms with Gasteiger partial charge >= 0.3 is 0 Å². The topological polar surface area (TPSA) is 131 Å². The van der Waals surface area contributed by atoms with E-state index in [9.17, 15) is 27.1 Å². The van der Waals surface area contributed by atoms with E-state index < -0.39 is 35.0 Å². The summed E-state index contributed by atoms with van der Waals surface area (Å²) >= 11 is 0. The highest BCUT2D eigenvalue weighted by atomic mass is 32.2. The zero-order valence-corrected chi connectivity index (χ0v) is 18.0. The van der Waals surface area contributed by atoms with Crippen molar-refractivity contribution in [3.05, 3.63) is 59.6 Å². The molecule has 0 bridgehead atoms. The van der Waals surface area contributed by atoms with Gasteiger partial charge in [0.15, 0.2) is 0 Å². The van der Waals surface area contributed by atoms with Crippen LogP contribution in [0, 0.1) is 0 Å². The predicted octanol–water partition coefficient (Wildman–Crippen LogP) is 1.13. The van der Waals surface area contributed by atoms with E-state index in [1.165, 1.54) is 11.8 Å². The second-order valence-electron chi connectivity index (χ2n) is 7.37. The molecule has 12 heteroatoms. The molecule has 0 aliphatic carbocycles. The lowest BCUT2D eigenvalue weighted by molar-refractivity contribution is -0.133. The predicted molar refractivity (Wildman–Crippen MR) is 113 cm³/mol. The quantitative estimate of drug-likeness (QED) is 0.560. The lowest BCUT2D eigenvalue weighted by Gasteiger charge is -2.25. The van der Waals surface area contributed by atoms with Crippen LogP contribution in [0.5, 0.6) is 0 Å². The summed E-state index contributed by atoms with van der Waals surface area (Å²) < 4.78 is 54.0. The van der Waals surface area contributed by atoms with Crippen LogP contribution in [0.4, 0.5) is 8.78 Å². The molecule has 0 saturated carbocycles. The van der Waals surface area contributed by atoms with Gasteiger partial charge in [0.25, 0.3) is 16.4 Å². The number of amides is 1. The number of sulfonamides is 1. The van der Waals surface area contributed by atoms with E-state index in [0.717, 1.165) is 23.3 Å². The van der Waals surface area contributed by atoms with Crippen molar-refractivity contribution in [3.8, 4) is 0 Å². The number of carbonyl (C=O) groups excluding carboxylic acids is 1. The third-order valence-corrected chi connectivity index (χ3v) is 6.12. The first-order valence-electron chi connectivity index (χ1n) is 9.68. The standard InChI is InChI=1S/C20H23F2N5O4S/c1-13(28)19(14-5-3-2-4-6-14)20(29)26-9-15(17(23)11-26)7-25-32(30,31)16-8-24-27(10-16)12-18(21)22/h2-8,10,13,18-19,28H,9,11-12,23H2,1H3/t13-,19-/m1/s1. The van der Waals surface area contributed by atoms with Gasteiger partial charge in [0.05, 0.1) is 24.8 Å². The maximum atomic E-state index is 13.0. The van der Waals surface area contributed by atoms with Crippen LogP contribution in [0.15, 0.2) is 63.3 Å². The number of benzene rings is 1. The van der Waals surface area contributed by atoms with Crippen LogP contribution in [0.2, 0.25) is 0 Å². The molecule has 1 aliphatic heterocycles. The average Bonchev–Trinajstić information content (AvgIpc) is 3.34. The molecule has 1 amide bonds. The van der Waals surface area contributed by atoms with Crippen LogP contribution < -0.4 is 5.73 Å². The molecule has 2 atom stereocenters. The first kappa shape index (κ1) is 23.5. The van der Waals surface area contributed by atoms with Crippen molar-refractivity contribution in [2.24, 2.45) is 10.1 Å². The van der Waals surface area contributed by atoms with Crippen molar-refractivity contribution in [1.29, 1.82) is 0 Å². The smallest absolute Gasteiger partial charge is 0.285 e. The van der Waals surface area contributed by atoms with Crippen LogP contribution in [0.25, 0.3) is 0 Å². The summed E-state index contributed by atoms with van der Waals surface area (Å²) in [6.07, 6.45) is -0.683. The summed E-state index contributed by atoms with van der Waals surface area (Å²) in [5.74, 6) is -1.15. The van der Waals surface area contributed by atoms with Gasteiger partial charge in [-0.25, -0.2) is 8.78 Å². The van der Waals surface area contributed by atoms with Gasteiger partial charge in [-0.2, -0.15) is 17.9 Å². The van der Waals surface area contributed by atoms with Crippen LogP contribution in [0.1, 0.15) is 18.4 Å². The van der Waals surface area contributed by atoms with Crippen molar-refractivity contribution in [3.63, 3.8) is 0 Å². The van der Waals surface area contributed by atoms with Gasteiger partial charge in [-0.3, -0.25) is 9.48 Å². The fourth-order valence-electron chi connectivity index (χ4n) is 3.35. The number of aromatic nitrogens is 2. The summed E-state index contributed by atoms with van der Waals surface area (Å²) in [5, 5.41) is 13.8. The van der Waals surface area contributed by atoms with Gasteiger partial charge in [-0.15, -0.1) is 0 Å². The Bertz CT molecular complexity index is 1130. The molecule has 0 saturated heterocycles. The maximum Gasteiger partial charge on any atom is 0.285 e. The summed E-state index contributed by atoms with van der Waals surface area (Å²) in [6.45, 7) is 0.860. The minimum atomic E-state index is -4.19. The third kappa shape index (κ3) is 5.37. The Morgan fingerprint density at radius 3 is 2.62 bits per heavy atom. The molecule has 1 aliphatic rings. The number of nitrogens with zero attached hydrogens (tertiary/aromatic N) is 4. The lowest BCUT2D eigenvalue weighted by atomic mass is 9.93. The van der Waals surface area contributed by atoms with Gasteiger partial charge in [-0.1, -0.05) is 30.3 Å². The van der Waals surface area contributed by atoms with Gasteiger partial charge in [-0.05, 0) is 12.5 Å². The minimum Gasteiger partial charge on any atom is -0.400 e. The maximum absolute atomic E-state index is 13.0. The molecule has 0 fully saturated rings. The second kappa shape index (κ2) is 9.57. The van der Waals surface area contributed by atoms with E-state index in [1.807, 2.05) is 0 Å². The van der Waals surface area contributed by atoms with Crippen molar-refractivity contribution in [1.82, 2.24) is 14.7 Å². The number of nitrogens with two attached hydrogens (primary N) is 1. The fourth-order valence-corrected chi connectivity index (χ4v) is 4.17. The Kier molecular flexibility index (Phi) is 7.04. The molecule has 0 unspecified atom stereocenters. The first-order valence-corrected chi connectivity index (χ1v) is 11.1. The summed E-state index contributed by atoms with van der Waals surface area (Å²) in [7, 11) is -4.19. The summed E-state index contributed by atoms with van der Waals surface area (Å²) in [5.41, 5.74) is 7.24. The van der Waals surface area contributed by atoms with Crippen molar-refractivity contribution < 1.29 is 27.1 Å². The van der Waals surface area contributed by atoms with E-state index in [-0.39, 0.29) is 29.6 Å². The molecule has 1 aromatic carbocycles. The number of hydrogen-bond donors (Lipinski definition) is 2. The van der Waals surface area contributed by atoms with Crippen LogP contribution >= 0.6 is 0 Å². The second-order valence-corrected chi connectivity index (χ2v) is 9.00. The molecule has 32 heavy (non-hydrogen) atoms. The summed E-state index contributed by atoms with van der Waals surface area (Å²) in [4.78, 5) is 14.1. The number of carbonyl (C=O) groups is 1. The van der Waals surface area contributed by atoms with Gasteiger partial charge in [0.1, 0.15) is 11.4 Å². The Morgan fingerprint density at radius 1 is 1.31 bits per heavy atom. The van der Waals surface area contributed by atoms with Crippen molar-refractivity contribution in [2.75, 3.05) is 13.1 Å². The minimum absolute atomic E-state index is 0.0182. The lowest BCUT2D eigenvalue weighted by Crippen LogP contribution is -2.38.